The van der Waals surface area contributed by atoms with Crippen LogP contribution in [0.15, 0.2) is 12.2 Å². The van der Waals surface area contributed by atoms with Gasteiger partial charge in [0.15, 0.2) is 0 Å². The van der Waals surface area contributed by atoms with Crippen molar-refractivity contribution in [2.24, 2.45) is 5.73 Å². The third-order valence-corrected chi connectivity index (χ3v) is 6.09. The van der Waals surface area contributed by atoms with E-state index < -0.39 is 0 Å². The van der Waals surface area contributed by atoms with E-state index in [2.05, 4.69) is 35.0 Å². The fraction of sp³-hybridized carbons (Fsp3) is 0.929. The van der Waals surface area contributed by atoms with Crippen molar-refractivity contribution in [3.63, 3.8) is 0 Å². The van der Waals surface area contributed by atoms with Crippen molar-refractivity contribution in [3.8, 4) is 0 Å². The maximum absolute atomic E-state index is 5.48. The first-order chi connectivity index (χ1) is 15.9. The first-order valence-electron chi connectivity index (χ1n) is 14.4. The predicted octanol–water partition coefficient (Wildman–Crippen LogP) is 6.31. The molecule has 4 nitrogen and oxygen atoms in total. The predicted molar refractivity (Wildman–Crippen MR) is 146 cm³/mol. The highest BCUT2D eigenvalue weighted by Gasteiger charge is 1.94. The summed E-state index contributed by atoms with van der Waals surface area (Å²) >= 11 is 0. The van der Waals surface area contributed by atoms with Crippen molar-refractivity contribution >= 4 is 0 Å². The van der Waals surface area contributed by atoms with Crippen LogP contribution >= 0.6 is 0 Å². The molecule has 0 fully saturated rings. The van der Waals surface area contributed by atoms with Gasteiger partial charge in [0.05, 0.1) is 0 Å². The normalized spacial score (nSPS) is 11.7. The lowest BCUT2D eigenvalue weighted by Gasteiger charge is -2.07. The van der Waals surface area contributed by atoms with Gasteiger partial charge in [-0.2, -0.15) is 0 Å². The van der Waals surface area contributed by atoms with Crippen molar-refractivity contribution in [1.29, 1.82) is 0 Å². The number of hydrogen-bond acceptors (Lipinski definition) is 4. The fourth-order valence-electron chi connectivity index (χ4n) is 3.94. The summed E-state index contributed by atoms with van der Waals surface area (Å²) in [7, 11) is 0. The molecule has 0 amide bonds. The Morgan fingerprint density at radius 2 is 0.812 bits per heavy atom. The third-order valence-electron chi connectivity index (χ3n) is 6.09. The average molecular weight is 453 g/mol. The zero-order valence-corrected chi connectivity index (χ0v) is 21.9. The minimum absolute atomic E-state index is 0.792. The molecule has 0 radical (unpaired) electrons. The summed E-state index contributed by atoms with van der Waals surface area (Å²) in [5.74, 6) is 0. The van der Waals surface area contributed by atoms with Crippen LogP contribution in [0, 0.1) is 0 Å². The fourth-order valence-corrected chi connectivity index (χ4v) is 3.94. The van der Waals surface area contributed by atoms with Gasteiger partial charge in [-0.25, -0.2) is 0 Å². The maximum Gasteiger partial charge on any atom is -0.00368 e. The molecule has 0 heterocycles. The molecule has 0 unspecified atom stereocenters. The lowest BCUT2D eigenvalue weighted by Crippen LogP contribution is -2.24. The molecule has 0 bridgehead atoms. The molecule has 0 aliphatic rings. The van der Waals surface area contributed by atoms with Crippen molar-refractivity contribution in [2.45, 2.75) is 122 Å². The average Bonchev–Trinajstić information content (AvgIpc) is 2.81. The molecule has 0 saturated heterocycles. The topological polar surface area (TPSA) is 62.1 Å². The monoisotopic (exact) mass is 452 g/mol. The molecule has 192 valence electrons. The van der Waals surface area contributed by atoms with Gasteiger partial charge in [0, 0.05) is 0 Å². The minimum atomic E-state index is 0.792. The number of nitrogens with one attached hydrogen (secondary N) is 3. The molecule has 32 heavy (non-hydrogen) atoms. The largest absolute Gasteiger partial charge is 0.330 e. The summed E-state index contributed by atoms with van der Waals surface area (Å²) in [4.78, 5) is 0. The Balaban J connectivity index is 3.04. The van der Waals surface area contributed by atoms with Gasteiger partial charge in [0.2, 0.25) is 0 Å². The first-order valence-corrected chi connectivity index (χ1v) is 14.4. The minimum Gasteiger partial charge on any atom is -0.330 e. The van der Waals surface area contributed by atoms with E-state index in [9.17, 15) is 0 Å². The van der Waals surface area contributed by atoms with Gasteiger partial charge in [-0.3, -0.25) is 0 Å². The van der Waals surface area contributed by atoms with E-state index in [-0.39, 0.29) is 0 Å². The van der Waals surface area contributed by atoms with E-state index in [0.717, 1.165) is 45.7 Å². The van der Waals surface area contributed by atoms with Gasteiger partial charge in [-0.1, -0.05) is 76.9 Å². The summed E-state index contributed by atoms with van der Waals surface area (Å²) in [6.45, 7) is 9.89. The van der Waals surface area contributed by atoms with Gasteiger partial charge >= 0.3 is 0 Å². The molecule has 0 aromatic rings. The molecular weight excluding hydrogens is 392 g/mol. The highest BCUT2D eigenvalue weighted by molar-refractivity contribution is 4.81. The molecule has 0 aromatic heterocycles. The number of rotatable bonds is 28. The van der Waals surface area contributed by atoms with Gasteiger partial charge in [-0.15, -0.1) is 0 Å². The number of hydrogen-bond donors (Lipinski definition) is 4. The second-order valence-electron chi connectivity index (χ2n) is 9.39. The van der Waals surface area contributed by atoms with Gasteiger partial charge in [-0.05, 0) is 104 Å². The lowest BCUT2D eigenvalue weighted by atomic mass is 10.1. The SMILES string of the molecule is CCCCCCCC/C=C\CCCCCCCCNCCCNCCCCNCCCN. The van der Waals surface area contributed by atoms with Crippen molar-refractivity contribution in [1.82, 2.24) is 16.0 Å². The summed E-state index contributed by atoms with van der Waals surface area (Å²) in [6.07, 6.45) is 29.0. The van der Waals surface area contributed by atoms with E-state index in [1.807, 2.05) is 0 Å². The van der Waals surface area contributed by atoms with Crippen LogP contribution in [0.2, 0.25) is 0 Å². The molecule has 0 saturated carbocycles. The molecule has 0 atom stereocenters. The smallest absolute Gasteiger partial charge is 0.00368 e. The molecular formula is C28H60N4. The van der Waals surface area contributed by atoms with E-state index >= 15 is 0 Å². The standard InChI is InChI=1S/C28H60N4/c1-2-3-4-5-6-7-8-9-10-11-12-13-14-15-16-17-23-31-27-21-28-32-25-19-18-24-30-26-20-22-29/h9-10,30-32H,2-8,11-29H2,1H3/b10-9-. The molecule has 0 aromatic carbocycles. The Kier molecular flexibility index (Phi) is 30.2. The second-order valence-corrected chi connectivity index (χ2v) is 9.39. The molecule has 0 spiro atoms. The third kappa shape index (κ3) is 29.6. The van der Waals surface area contributed by atoms with Crippen molar-refractivity contribution in [3.05, 3.63) is 12.2 Å². The van der Waals surface area contributed by atoms with E-state index in [4.69, 9.17) is 5.73 Å². The molecule has 0 rings (SSSR count). The van der Waals surface area contributed by atoms with Crippen LogP contribution in [0.1, 0.15) is 122 Å². The lowest BCUT2D eigenvalue weighted by molar-refractivity contribution is 0.539. The van der Waals surface area contributed by atoms with Gasteiger partial charge in [0.25, 0.3) is 0 Å². The highest BCUT2D eigenvalue weighted by Crippen LogP contribution is 2.09. The Morgan fingerprint density at radius 1 is 0.438 bits per heavy atom. The zero-order chi connectivity index (χ0) is 23.2. The second kappa shape index (κ2) is 30.6. The van der Waals surface area contributed by atoms with Crippen LogP contribution < -0.4 is 21.7 Å². The zero-order valence-electron chi connectivity index (χ0n) is 21.9. The molecule has 0 aliphatic carbocycles. The van der Waals surface area contributed by atoms with Crippen LogP contribution in [0.4, 0.5) is 0 Å². The Bertz CT molecular complexity index is 346. The summed E-state index contributed by atoms with van der Waals surface area (Å²) in [6, 6.07) is 0. The Hall–Kier alpha value is -0.420. The van der Waals surface area contributed by atoms with Crippen LogP contribution in [0.3, 0.4) is 0 Å². The Labute approximate surface area is 202 Å². The molecule has 5 N–H and O–H groups in total. The van der Waals surface area contributed by atoms with Gasteiger partial charge < -0.3 is 21.7 Å². The van der Waals surface area contributed by atoms with Gasteiger partial charge in [0.1, 0.15) is 0 Å². The maximum atomic E-state index is 5.48. The summed E-state index contributed by atoms with van der Waals surface area (Å²) in [5, 5.41) is 10.6. The molecule has 4 heteroatoms. The van der Waals surface area contributed by atoms with Crippen molar-refractivity contribution in [2.75, 3.05) is 45.8 Å². The highest BCUT2D eigenvalue weighted by atomic mass is 14.9. The van der Waals surface area contributed by atoms with E-state index in [1.54, 1.807) is 0 Å². The van der Waals surface area contributed by atoms with Crippen LogP contribution in [0.5, 0.6) is 0 Å². The number of allylic oxidation sites excluding steroid dienone is 2. The number of unbranched alkanes of at least 4 members (excludes halogenated alkanes) is 13. The number of nitrogens with two attached hydrogens (primary N) is 1. The van der Waals surface area contributed by atoms with Crippen LogP contribution in [0.25, 0.3) is 0 Å². The Morgan fingerprint density at radius 3 is 1.31 bits per heavy atom. The van der Waals surface area contributed by atoms with Crippen LogP contribution in [-0.2, 0) is 0 Å². The first kappa shape index (κ1) is 31.6. The molecule has 0 aliphatic heterocycles. The van der Waals surface area contributed by atoms with E-state index in [1.165, 1.54) is 116 Å². The summed E-state index contributed by atoms with van der Waals surface area (Å²) in [5.41, 5.74) is 5.48. The van der Waals surface area contributed by atoms with E-state index in [0.29, 0.717) is 0 Å². The van der Waals surface area contributed by atoms with Crippen LogP contribution in [-0.4, -0.2) is 45.8 Å². The quantitative estimate of drug-likeness (QED) is 0.0829. The van der Waals surface area contributed by atoms with Crippen molar-refractivity contribution < 1.29 is 0 Å². The summed E-state index contributed by atoms with van der Waals surface area (Å²) < 4.78 is 0.